The van der Waals surface area contributed by atoms with Crippen molar-refractivity contribution >= 4 is 17.8 Å². The zero-order valence-electron chi connectivity index (χ0n) is 17.1. The molecule has 2 rings (SSSR count). The van der Waals surface area contributed by atoms with Gasteiger partial charge in [0.1, 0.15) is 0 Å². The smallest absolute Gasteiger partial charge is 0.310 e. The van der Waals surface area contributed by atoms with Crippen molar-refractivity contribution < 1.29 is 18.7 Å². The molecule has 1 saturated heterocycles. The lowest BCUT2D eigenvalue weighted by Crippen LogP contribution is -2.48. The summed E-state index contributed by atoms with van der Waals surface area (Å²) < 4.78 is 10.4. The molecule has 28 heavy (non-hydrogen) atoms. The number of carbonyl (C=O) groups is 2. The number of guanidine groups is 1. The van der Waals surface area contributed by atoms with Gasteiger partial charge in [0, 0.05) is 38.3 Å². The number of nitrogens with zero attached hydrogens (tertiary/aromatic N) is 2. The Morgan fingerprint density at radius 3 is 2.86 bits per heavy atom. The topological polar surface area (TPSA) is 96.2 Å². The molecular weight excluding hydrogens is 360 g/mol. The molecule has 0 radical (unpaired) electrons. The molecule has 1 aromatic rings. The predicted octanol–water partition coefficient (Wildman–Crippen LogP) is 1.95. The van der Waals surface area contributed by atoms with Crippen LogP contribution in [0.5, 0.6) is 0 Å². The Hall–Kier alpha value is -2.51. The van der Waals surface area contributed by atoms with Gasteiger partial charge in [-0.2, -0.15) is 0 Å². The highest BCUT2D eigenvalue weighted by molar-refractivity contribution is 5.92. The van der Waals surface area contributed by atoms with Crippen LogP contribution in [0.4, 0.5) is 0 Å². The van der Waals surface area contributed by atoms with Crippen LogP contribution < -0.4 is 10.6 Å². The molecule has 1 fully saturated rings. The van der Waals surface area contributed by atoms with Crippen LogP contribution in [0.25, 0.3) is 0 Å². The minimum Gasteiger partial charge on any atom is -0.466 e. The van der Waals surface area contributed by atoms with Gasteiger partial charge in [-0.1, -0.05) is 0 Å². The van der Waals surface area contributed by atoms with E-state index in [1.807, 2.05) is 20.8 Å². The van der Waals surface area contributed by atoms with Crippen LogP contribution in [0.3, 0.4) is 0 Å². The normalized spacial score (nSPS) is 17.3. The molecule has 156 valence electrons. The number of rotatable bonds is 8. The summed E-state index contributed by atoms with van der Waals surface area (Å²) in [5.74, 6) is 0.735. The Labute approximate surface area is 166 Å². The number of nitrogens with one attached hydrogen (secondary N) is 2. The van der Waals surface area contributed by atoms with E-state index in [-0.39, 0.29) is 17.8 Å². The number of furan rings is 1. The highest BCUT2D eigenvalue weighted by Gasteiger charge is 2.28. The first-order chi connectivity index (χ1) is 13.6. The summed E-state index contributed by atoms with van der Waals surface area (Å²) in [7, 11) is 0. The Morgan fingerprint density at radius 1 is 1.36 bits per heavy atom. The number of likely N-dealkylation sites (tertiary alicyclic amines) is 1. The lowest BCUT2D eigenvalue weighted by molar-refractivity contribution is -0.149. The van der Waals surface area contributed by atoms with Crippen molar-refractivity contribution in [2.45, 2.75) is 40.0 Å². The molecule has 0 saturated carbocycles. The third-order valence-electron chi connectivity index (χ3n) is 4.63. The second-order valence-electron chi connectivity index (χ2n) is 6.82. The largest absolute Gasteiger partial charge is 0.466 e. The van der Waals surface area contributed by atoms with Crippen molar-refractivity contribution in [3.63, 3.8) is 0 Å². The van der Waals surface area contributed by atoms with Gasteiger partial charge in [-0.05, 0) is 46.1 Å². The monoisotopic (exact) mass is 392 g/mol. The SMILES string of the molecule is CCNC(=NCCCNC(=O)c1occc1C)N1CCCC(C(=O)OCC)C1. The number of piperidine rings is 1. The highest BCUT2D eigenvalue weighted by Crippen LogP contribution is 2.18. The van der Waals surface area contributed by atoms with E-state index in [0.717, 1.165) is 43.9 Å². The third kappa shape index (κ3) is 6.28. The van der Waals surface area contributed by atoms with Gasteiger partial charge in [0.2, 0.25) is 0 Å². The van der Waals surface area contributed by atoms with Crippen LogP contribution in [-0.4, -0.2) is 62.1 Å². The van der Waals surface area contributed by atoms with Gasteiger partial charge >= 0.3 is 5.97 Å². The Bertz CT molecular complexity index is 671. The third-order valence-corrected chi connectivity index (χ3v) is 4.63. The van der Waals surface area contributed by atoms with E-state index in [1.54, 1.807) is 6.07 Å². The molecule has 8 nitrogen and oxygen atoms in total. The number of hydrogen-bond donors (Lipinski definition) is 2. The summed E-state index contributed by atoms with van der Waals surface area (Å²) in [6.45, 7) is 9.46. The van der Waals surface area contributed by atoms with Gasteiger partial charge in [0.05, 0.1) is 18.8 Å². The van der Waals surface area contributed by atoms with E-state index in [1.165, 1.54) is 6.26 Å². The fourth-order valence-electron chi connectivity index (χ4n) is 3.20. The number of amides is 1. The number of carbonyl (C=O) groups excluding carboxylic acids is 2. The van der Waals surface area contributed by atoms with Crippen LogP contribution in [0.15, 0.2) is 21.7 Å². The van der Waals surface area contributed by atoms with Gasteiger partial charge in [0.15, 0.2) is 11.7 Å². The number of hydrogen-bond acceptors (Lipinski definition) is 5. The molecule has 1 amide bonds. The Morgan fingerprint density at radius 2 is 2.18 bits per heavy atom. The van der Waals surface area contributed by atoms with Crippen molar-refractivity contribution in [3.8, 4) is 0 Å². The number of aliphatic imine (C=N–C) groups is 1. The van der Waals surface area contributed by atoms with Crippen molar-refractivity contribution in [3.05, 3.63) is 23.7 Å². The van der Waals surface area contributed by atoms with E-state index < -0.39 is 0 Å². The van der Waals surface area contributed by atoms with Crippen molar-refractivity contribution in [2.24, 2.45) is 10.9 Å². The molecule has 1 unspecified atom stereocenters. The van der Waals surface area contributed by atoms with Crippen LogP contribution in [-0.2, 0) is 9.53 Å². The summed E-state index contributed by atoms with van der Waals surface area (Å²) in [6.07, 6.45) is 4.02. The lowest BCUT2D eigenvalue weighted by atomic mass is 9.98. The lowest BCUT2D eigenvalue weighted by Gasteiger charge is -2.34. The molecule has 0 aromatic carbocycles. The molecule has 1 aliphatic rings. The molecule has 0 aliphatic carbocycles. The van der Waals surface area contributed by atoms with E-state index >= 15 is 0 Å². The first-order valence-corrected chi connectivity index (χ1v) is 10.1. The molecular formula is C20H32N4O4. The summed E-state index contributed by atoms with van der Waals surface area (Å²) in [5.41, 5.74) is 0.825. The fourth-order valence-corrected chi connectivity index (χ4v) is 3.20. The summed E-state index contributed by atoms with van der Waals surface area (Å²) in [6, 6.07) is 1.77. The van der Waals surface area contributed by atoms with E-state index in [4.69, 9.17) is 9.15 Å². The number of aryl methyl sites for hydroxylation is 1. The molecule has 1 atom stereocenters. The van der Waals surface area contributed by atoms with E-state index in [2.05, 4.69) is 20.5 Å². The predicted molar refractivity (Wildman–Crippen MR) is 107 cm³/mol. The van der Waals surface area contributed by atoms with Crippen LogP contribution in [0.1, 0.15) is 49.2 Å². The molecule has 0 spiro atoms. The quantitative estimate of drug-likeness (QED) is 0.304. The molecule has 2 N–H and O–H groups in total. The average molecular weight is 393 g/mol. The minimum atomic E-state index is -0.202. The zero-order chi connectivity index (χ0) is 20.4. The van der Waals surface area contributed by atoms with Crippen LogP contribution >= 0.6 is 0 Å². The van der Waals surface area contributed by atoms with Crippen molar-refractivity contribution in [1.29, 1.82) is 0 Å². The maximum atomic E-state index is 12.1. The molecule has 2 heterocycles. The Balaban J connectivity index is 1.82. The maximum absolute atomic E-state index is 12.1. The van der Waals surface area contributed by atoms with Gasteiger partial charge in [0.25, 0.3) is 5.91 Å². The number of ether oxygens (including phenoxy) is 1. The van der Waals surface area contributed by atoms with Gasteiger partial charge in [-0.25, -0.2) is 0 Å². The van der Waals surface area contributed by atoms with Crippen molar-refractivity contribution in [1.82, 2.24) is 15.5 Å². The summed E-state index contributed by atoms with van der Waals surface area (Å²) in [4.78, 5) is 30.9. The molecule has 0 bridgehead atoms. The van der Waals surface area contributed by atoms with Crippen LogP contribution in [0.2, 0.25) is 0 Å². The van der Waals surface area contributed by atoms with E-state index in [0.29, 0.717) is 32.0 Å². The van der Waals surface area contributed by atoms with Gasteiger partial charge < -0.3 is 24.7 Å². The van der Waals surface area contributed by atoms with Gasteiger partial charge in [-0.15, -0.1) is 0 Å². The fraction of sp³-hybridized carbons (Fsp3) is 0.650. The summed E-state index contributed by atoms with van der Waals surface area (Å²) in [5, 5.41) is 6.14. The van der Waals surface area contributed by atoms with Gasteiger partial charge in [-0.3, -0.25) is 14.6 Å². The van der Waals surface area contributed by atoms with Crippen LogP contribution in [0, 0.1) is 12.8 Å². The minimum absolute atomic E-state index is 0.103. The first kappa shape index (κ1) is 21.8. The zero-order valence-corrected chi connectivity index (χ0v) is 17.1. The maximum Gasteiger partial charge on any atom is 0.310 e. The Kier molecular flexibility index (Phi) is 8.84. The molecule has 1 aliphatic heterocycles. The second-order valence-corrected chi connectivity index (χ2v) is 6.82. The van der Waals surface area contributed by atoms with E-state index in [9.17, 15) is 9.59 Å². The second kappa shape index (κ2) is 11.4. The van der Waals surface area contributed by atoms with Crippen molar-refractivity contribution in [2.75, 3.05) is 39.3 Å². The standard InChI is InChI=1S/C20H32N4O4/c1-4-21-20(24-12-6-8-16(14-24)19(26)27-5-2)23-11-7-10-22-18(25)17-15(3)9-13-28-17/h9,13,16H,4-8,10-12,14H2,1-3H3,(H,21,23)(H,22,25). The molecule has 1 aromatic heterocycles. The molecule has 8 heteroatoms. The highest BCUT2D eigenvalue weighted by atomic mass is 16.5. The average Bonchev–Trinajstić information content (AvgIpc) is 3.13. The first-order valence-electron chi connectivity index (χ1n) is 10.1. The number of esters is 1. The summed E-state index contributed by atoms with van der Waals surface area (Å²) >= 11 is 0.